The number of aryl methyl sites for hydroxylation is 2. The molecule has 4 rings (SSSR count). The van der Waals surface area contributed by atoms with Crippen LogP contribution in [0, 0.1) is 6.92 Å². The van der Waals surface area contributed by atoms with Gasteiger partial charge in [-0.1, -0.05) is 11.2 Å². The van der Waals surface area contributed by atoms with Crippen molar-refractivity contribution in [1.82, 2.24) is 24.8 Å². The van der Waals surface area contributed by atoms with Crippen LogP contribution in [0.5, 0.6) is 0 Å². The third-order valence-electron chi connectivity index (χ3n) is 4.53. The molecule has 1 aliphatic rings. The summed E-state index contributed by atoms with van der Waals surface area (Å²) >= 11 is 1.66. The fraction of sp³-hybridized carbons (Fsp3) is 0.444. The predicted octanol–water partition coefficient (Wildman–Crippen LogP) is 2.46. The van der Waals surface area contributed by atoms with E-state index in [2.05, 4.69) is 15.2 Å². The smallest absolute Gasteiger partial charge is 0.257 e. The lowest BCUT2D eigenvalue weighted by atomic mass is 10.2. The highest BCUT2D eigenvalue weighted by Crippen LogP contribution is 2.23. The number of carbonyl (C=O) groups is 1. The Balaban J connectivity index is 1.45. The first-order valence-electron chi connectivity index (χ1n) is 8.94. The molecule has 0 N–H and O–H groups in total. The Bertz CT molecular complexity index is 917. The van der Waals surface area contributed by atoms with Crippen LogP contribution < -0.4 is 0 Å². The lowest BCUT2D eigenvalue weighted by Gasteiger charge is -2.31. The van der Waals surface area contributed by atoms with Gasteiger partial charge in [0.2, 0.25) is 0 Å². The molecule has 1 amide bonds. The summed E-state index contributed by atoms with van der Waals surface area (Å²) < 4.78 is 12.9. The maximum absolute atomic E-state index is 12.9. The minimum absolute atomic E-state index is 0.0428. The Kier molecular flexibility index (Phi) is 5.04. The van der Waals surface area contributed by atoms with Gasteiger partial charge in [-0.2, -0.15) is 10.1 Å². The van der Waals surface area contributed by atoms with E-state index in [0.717, 1.165) is 12.2 Å². The molecule has 1 fully saturated rings. The van der Waals surface area contributed by atoms with Crippen LogP contribution in [0.2, 0.25) is 0 Å². The molecule has 1 unspecified atom stereocenters. The Morgan fingerprint density at radius 2 is 2.33 bits per heavy atom. The molecule has 8 nitrogen and oxygen atoms in total. The molecule has 0 saturated carbocycles. The van der Waals surface area contributed by atoms with Crippen LogP contribution in [-0.4, -0.2) is 50.4 Å². The third kappa shape index (κ3) is 3.79. The summed E-state index contributed by atoms with van der Waals surface area (Å²) in [5.74, 6) is 0.999. The topological polar surface area (TPSA) is 86.3 Å². The Labute approximate surface area is 160 Å². The van der Waals surface area contributed by atoms with Crippen LogP contribution >= 0.6 is 11.3 Å². The molecular formula is C18H21N5O3S. The van der Waals surface area contributed by atoms with Crippen molar-refractivity contribution in [2.24, 2.45) is 0 Å². The number of hydrogen-bond donors (Lipinski definition) is 0. The molecule has 1 aliphatic heterocycles. The second kappa shape index (κ2) is 7.61. The number of nitrogens with zero attached hydrogens (tertiary/aromatic N) is 5. The highest BCUT2D eigenvalue weighted by atomic mass is 32.1. The van der Waals surface area contributed by atoms with Crippen molar-refractivity contribution >= 4 is 17.2 Å². The van der Waals surface area contributed by atoms with Gasteiger partial charge in [-0.05, 0) is 25.3 Å². The van der Waals surface area contributed by atoms with Crippen molar-refractivity contribution < 1.29 is 14.1 Å². The van der Waals surface area contributed by atoms with Gasteiger partial charge in [0.25, 0.3) is 11.8 Å². The average molecular weight is 387 g/mol. The van der Waals surface area contributed by atoms with Crippen LogP contribution in [0.15, 0.2) is 28.2 Å². The van der Waals surface area contributed by atoms with Crippen LogP contribution in [-0.2, 0) is 17.7 Å². The molecule has 0 spiro atoms. The van der Waals surface area contributed by atoms with Crippen molar-refractivity contribution in [3.63, 3.8) is 0 Å². The summed E-state index contributed by atoms with van der Waals surface area (Å²) in [6.07, 6.45) is 2.02. The summed E-state index contributed by atoms with van der Waals surface area (Å²) in [7, 11) is 0. The van der Waals surface area contributed by atoms with Gasteiger partial charge in [0.15, 0.2) is 11.9 Å². The Morgan fingerprint density at radius 1 is 1.44 bits per heavy atom. The van der Waals surface area contributed by atoms with E-state index in [1.807, 2.05) is 31.4 Å². The zero-order chi connectivity index (χ0) is 18.8. The van der Waals surface area contributed by atoms with E-state index in [4.69, 9.17) is 9.26 Å². The molecule has 0 aromatic carbocycles. The Morgan fingerprint density at radius 3 is 3.07 bits per heavy atom. The fourth-order valence-electron chi connectivity index (χ4n) is 3.08. The molecule has 3 aromatic rings. The molecule has 27 heavy (non-hydrogen) atoms. The van der Waals surface area contributed by atoms with Gasteiger partial charge >= 0.3 is 0 Å². The van der Waals surface area contributed by atoms with Crippen molar-refractivity contribution in [2.75, 3.05) is 19.7 Å². The first-order valence-corrected chi connectivity index (χ1v) is 9.81. The van der Waals surface area contributed by atoms with E-state index < -0.39 is 6.10 Å². The van der Waals surface area contributed by atoms with Crippen molar-refractivity contribution in [3.8, 4) is 0 Å². The number of carbonyl (C=O) groups excluding carboxylic acids is 1. The van der Waals surface area contributed by atoms with Crippen LogP contribution in [0.1, 0.15) is 45.7 Å². The van der Waals surface area contributed by atoms with Crippen LogP contribution in [0.3, 0.4) is 0 Å². The number of aromatic nitrogens is 4. The minimum Gasteiger partial charge on any atom is -0.365 e. The number of ether oxygens (including phenoxy) is 1. The Hall–Kier alpha value is -2.52. The van der Waals surface area contributed by atoms with Gasteiger partial charge in [-0.3, -0.25) is 9.48 Å². The number of amides is 1. The summed E-state index contributed by atoms with van der Waals surface area (Å²) in [4.78, 5) is 20.3. The first kappa shape index (κ1) is 17.9. The van der Waals surface area contributed by atoms with E-state index in [-0.39, 0.29) is 5.91 Å². The maximum atomic E-state index is 12.9. The van der Waals surface area contributed by atoms with Crippen LogP contribution in [0.25, 0.3) is 0 Å². The molecule has 0 radical (unpaired) electrons. The van der Waals surface area contributed by atoms with E-state index in [1.165, 1.54) is 4.88 Å². The minimum atomic E-state index is -0.409. The van der Waals surface area contributed by atoms with Gasteiger partial charge in [0, 0.05) is 30.6 Å². The number of morpholine rings is 1. The number of thiophene rings is 1. The zero-order valence-corrected chi connectivity index (χ0v) is 16.1. The lowest BCUT2D eigenvalue weighted by Crippen LogP contribution is -2.42. The van der Waals surface area contributed by atoms with E-state index >= 15 is 0 Å². The SMILES string of the molecule is CCn1cc(C(=O)N2CCOC(c3nc(Cc4cccs4)no3)C2)c(C)n1. The van der Waals surface area contributed by atoms with Gasteiger partial charge in [0.1, 0.15) is 0 Å². The van der Waals surface area contributed by atoms with E-state index in [1.54, 1.807) is 27.1 Å². The highest BCUT2D eigenvalue weighted by Gasteiger charge is 2.31. The predicted molar refractivity (Wildman–Crippen MR) is 98.7 cm³/mol. The largest absolute Gasteiger partial charge is 0.365 e. The molecule has 4 heterocycles. The zero-order valence-electron chi connectivity index (χ0n) is 15.3. The molecule has 1 atom stereocenters. The van der Waals surface area contributed by atoms with E-state index in [0.29, 0.717) is 43.4 Å². The second-order valence-electron chi connectivity index (χ2n) is 6.40. The maximum Gasteiger partial charge on any atom is 0.257 e. The highest BCUT2D eigenvalue weighted by molar-refractivity contribution is 7.09. The van der Waals surface area contributed by atoms with Gasteiger partial charge in [0.05, 0.1) is 24.4 Å². The molecule has 9 heteroatoms. The van der Waals surface area contributed by atoms with Crippen molar-refractivity contribution in [1.29, 1.82) is 0 Å². The van der Waals surface area contributed by atoms with Gasteiger partial charge in [-0.15, -0.1) is 11.3 Å². The summed E-state index contributed by atoms with van der Waals surface area (Å²) in [6.45, 7) is 5.92. The van der Waals surface area contributed by atoms with Crippen molar-refractivity contribution in [3.05, 3.63) is 51.6 Å². The number of hydrogen-bond acceptors (Lipinski definition) is 7. The van der Waals surface area contributed by atoms with E-state index in [9.17, 15) is 4.79 Å². The quantitative estimate of drug-likeness (QED) is 0.668. The molecule has 1 saturated heterocycles. The van der Waals surface area contributed by atoms with Crippen LogP contribution in [0.4, 0.5) is 0 Å². The molecule has 142 valence electrons. The molecule has 3 aromatic heterocycles. The fourth-order valence-corrected chi connectivity index (χ4v) is 3.78. The molecular weight excluding hydrogens is 366 g/mol. The van der Waals surface area contributed by atoms with Gasteiger partial charge in [-0.25, -0.2) is 0 Å². The summed E-state index contributed by atoms with van der Waals surface area (Å²) in [6, 6.07) is 4.04. The number of rotatable bonds is 5. The van der Waals surface area contributed by atoms with Gasteiger partial charge < -0.3 is 14.2 Å². The monoisotopic (exact) mass is 387 g/mol. The normalized spacial score (nSPS) is 17.4. The summed E-state index contributed by atoms with van der Waals surface area (Å²) in [5, 5.41) is 10.4. The third-order valence-corrected chi connectivity index (χ3v) is 5.40. The molecule has 0 aliphatic carbocycles. The first-order chi connectivity index (χ1) is 13.1. The molecule has 0 bridgehead atoms. The lowest BCUT2D eigenvalue weighted by molar-refractivity contribution is -0.0367. The second-order valence-corrected chi connectivity index (χ2v) is 7.43. The standard InChI is InChI=1S/C18H21N5O3S/c1-3-23-10-14(12(2)20-23)18(24)22-6-7-25-15(11-22)17-19-16(21-26-17)9-13-5-4-8-27-13/h4-5,8,10,15H,3,6-7,9,11H2,1-2H3. The average Bonchev–Trinajstić information content (AvgIpc) is 3.43. The van der Waals surface area contributed by atoms with Crippen molar-refractivity contribution in [2.45, 2.75) is 32.9 Å². The summed E-state index contributed by atoms with van der Waals surface area (Å²) in [5.41, 5.74) is 1.36.